The summed E-state index contributed by atoms with van der Waals surface area (Å²) in [6, 6.07) is 0.323. The van der Waals surface area contributed by atoms with Crippen molar-refractivity contribution in [3.63, 3.8) is 0 Å². The van der Waals surface area contributed by atoms with Crippen molar-refractivity contribution in [1.29, 1.82) is 0 Å². The highest BCUT2D eigenvalue weighted by atomic mass is 16.6. The molecule has 2 aliphatic rings. The first-order valence-corrected chi connectivity index (χ1v) is 8.44. The molecule has 21 heavy (non-hydrogen) atoms. The highest BCUT2D eigenvalue weighted by Crippen LogP contribution is 2.46. The molecule has 0 aromatic heterocycles. The van der Waals surface area contributed by atoms with Crippen molar-refractivity contribution < 1.29 is 9.53 Å². The van der Waals surface area contributed by atoms with E-state index in [4.69, 9.17) is 10.5 Å². The van der Waals surface area contributed by atoms with Gasteiger partial charge >= 0.3 is 6.09 Å². The summed E-state index contributed by atoms with van der Waals surface area (Å²) < 4.78 is 5.47. The molecular formula is C17H32N2O2. The summed E-state index contributed by atoms with van der Waals surface area (Å²) in [7, 11) is 0. The lowest BCUT2D eigenvalue weighted by molar-refractivity contribution is 0.000802. The molecule has 0 radical (unpaired) electrons. The zero-order chi connectivity index (χ0) is 15.7. The monoisotopic (exact) mass is 296 g/mol. The molecule has 0 unspecified atom stereocenters. The minimum Gasteiger partial charge on any atom is -0.444 e. The van der Waals surface area contributed by atoms with Gasteiger partial charge in [-0.15, -0.1) is 0 Å². The maximum absolute atomic E-state index is 12.1. The number of piperidine rings is 1. The molecule has 0 bridgehead atoms. The first kappa shape index (κ1) is 16.6. The molecule has 2 N–H and O–H groups in total. The molecule has 1 aliphatic heterocycles. The Balaban J connectivity index is 1.82. The van der Waals surface area contributed by atoms with Crippen LogP contribution < -0.4 is 5.73 Å². The van der Waals surface area contributed by atoms with E-state index in [1.54, 1.807) is 0 Å². The van der Waals surface area contributed by atoms with Crippen LogP contribution in [0.15, 0.2) is 0 Å². The lowest BCUT2D eigenvalue weighted by Gasteiger charge is -2.46. The number of hydrogen-bond acceptors (Lipinski definition) is 3. The molecule has 0 aromatic rings. The number of nitrogens with zero attached hydrogens (tertiary/aromatic N) is 1. The fraction of sp³-hybridized carbons (Fsp3) is 0.941. The van der Waals surface area contributed by atoms with E-state index in [2.05, 4.69) is 6.92 Å². The molecule has 1 heterocycles. The Morgan fingerprint density at radius 1 is 1.19 bits per heavy atom. The van der Waals surface area contributed by atoms with E-state index in [9.17, 15) is 4.79 Å². The van der Waals surface area contributed by atoms with Crippen molar-refractivity contribution in [2.45, 2.75) is 77.9 Å². The van der Waals surface area contributed by atoms with Gasteiger partial charge in [-0.1, -0.05) is 0 Å². The summed E-state index contributed by atoms with van der Waals surface area (Å²) in [4.78, 5) is 14.0. The van der Waals surface area contributed by atoms with Gasteiger partial charge in [0, 0.05) is 19.1 Å². The minimum atomic E-state index is -0.401. The van der Waals surface area contributed by atoms with Crippen molar-refractivity contribution in [2.75, 3.05) is 13.1 Å². The zero-order valence-electron chi connectivity index (χ0n) is 14.2. The highest BCUT2D eigenvalue weighted by molar-refractivity contribution is 5.68. The number of hydrogen-bond donors (Lipinski definition) is 1. The Hall–Kier alpha value is -0.770. The number of carbonyl (C=O) groups excluding carboxylic acids is 1. The van der Waals surface area contributed by atoms with Crippen molar-refractivity contribution >= 4 is 6.09 Å². The summed E-state index contributed by atoms with van der Waals surface area (Å²) in [6.45, 7) is 9.59. The van der Waals surface area contributed by atoms with Crippen LogP contribution in [0.5, 0.6) is 0 Å². The van der Waals surface area contributed by atoms with Crippen molar-refractivity contribution in [2.24, 2.45) is 17.1 Å². The number of ether oxygens (including phenoxy) is 1. The van der Waals surface area contributed by atoms with E-state index >= 15 is 0 Å². The van der Waals surface area contributed by atoms with Crippen LogP contribution >= 0.6 is 0 Å². The van der Waals surface area contributed by atoms with E-state index in [0.29, 0.717) is 17.4 Å². The fourth-order valence-corrected chi connectivity index (χ4v) is 3.77. The normalized spacial score (nSPS) is 24.9. The number of likely N-dealkylation sites (tertiary alicyclic amines) is 1. The summed E-state index contributed by atoms with van der Waals surface area (Å²) in [5.74, 6) is 0.694. The van der Waals surface area contributed by atoms with Crippen LogP contribution in [-0.2, 0) is 4.74 Å². The van der Waals surface area contributed by atoms with Crippen LogP contribution in [0.25, 0.3) is 0 Å². The van der Waals surface area contributed by atoms with Gasteiger partial charge in [-0.2, -0.15) is 0 Å². The topological polar surface area (TPSA) is 55.6 Å². The number of rotatable bonds is 1. The van der Waals surface area contributed by atoms with Crippen LogP contribution in [0.2, 0.25) is 0 Å². The van der Waals surface area contributed by atoms with Gasteiger partial charge in [-0.3, -0.25) is 0 Å². The highest BCUT2D eigenvalue weighted by Gasteiger charge is 2.40. The van der Waals surface area contributed by atoms with Gasteiger partial charge in [-0.05, 0) is 77.6 Å². The predicted octanol–water partition coefficient (Wildman–Crippen LogP) is 3.54. The van der Waals surface area contributed by atoms with Crippen molar-refractivity contribution in [3.05, 3.63) is 0 Å². The lowest BCUT2D eigenvalue weighted by Crippen LogP contribution is -2.46. The molecule has 1 saturated heterocycles. The molecule has 122 valence electrons. The Morgan fingerprint density at radius 3 is 2.14 bits per heavy atom. The van der Waals surface area contributed by atoms with Crippen LogP contribution in [0.1, 0.15) is 66.2 Å². The van der Waals surface area contributed by atoms with Gasteiger partial charge in [0.05, 0.1) is 0 Å². The summed E-state index contributed by atoms with van der Waals surface area (Å²) in [6.07, 6.45) is 7.16. The lowest BCUT2D eigenvalue weighted by atomic mass is 9.64. The van der Waals surface area contributed by atoms with Crippen molar-refractivity contribution in [1.82, 2.24) is 4.90 Å². The third-order valence-corrected chi connectivity index (χ3v) is 5.31. The molecule has 2 fully saturated rings. The summed E-state index contributed by atoms with van der Waals surface area (Å²) >= 11 is 0. The van der Waals surface area contributed by atoms with E-state index in [-0.39, 0.29) is 6.09 Å². The molecular weight excluding hydrogens is 264 g/mol. The number of carbonyl (C=O) groups is 1. The van der Waals surface area contributed by atoms with E-state index in [1.807, 2.05) is 25.7 Å². The van der Waals surface area contributed by atoms with Gasteiger partial charge in [0.25, 0.3) is 0 Å². The molecule has 1 atom stereocenters. The predicted molar refractivity (Wildman–Crippen MR) is 85.1 cm³/mol. The average molecular weight is 296 g/mol. The Labute approximate surface area is 129 Å². The standard InChI is InChI=1S/C17H32N2O2/c1-13(18)14-5-7-17(8-6-14)9-11-19(12-10-17)15(20)21-16(2,3)4/h13-14H,5-12,18H2,1-4H3/t13-/m0/s1. The molecule has 1 aliphatic carbocycles. The number of amides is 1. The van der Waals surface area contributed by atoms with Gasteiger partial charge < -0.3 is 15.4 Å². The van der Waals surface area contributed by atoms with Crippen LogP contribution in [-0.4, -0.2) is 35.7 Å². The molecule has 1 saturated carbocycles. The van der Waals surface area contributed by atoms with E-state index in [1.165, 1.54) is 25.7 Å². The Morgan fingerprint density at radius 2 is 1.71 bits per heavy atom. The third-order valence-electron chi connectivity index (χ3n) is 5.31. The first-order valence-electron chi connectivity index (χ1n) is 8.44. The summed E-state index contributed by atoms with van der Waals surface area (Å²) in [5, 5.41) is 0. The van der Waals surface area contributed by atoms with Crippen LogP contribution in [0.3, 0.4) is 0 Å². The molecule has 1 amide bonds. The average Bonchev–Trinajstić information content (AvgIpc) is 2.38. The minimum absolute atomic E-state index is 0.151. The third kappa shape index (κ3) is 4.35. The Kier molecular flexibility index (Phi) is 4.86. The maximum atomic E-state index is 12.1. The van der Waals surface area contributed by atoms with E-state index in [0.717, 1.165) is 25.9 Å². The second kappa shape index (κ2) is 6.15. The first-order chi connectivity index (χ1) is 9.71. The van der Waals surface area contributed by atoms with Gasteiger partial charge in [0.2, 0.25) is 0 Å². The summed E-state index contributed by atoms with van der Waals surface area (Å²) in [5.41, 5.74) is 6.10. The quantitative estimate of drug-likeness (QED) is 0.805. The second-order valence-electron chi connectivity index (χ2n) is 8.16. The zero-order valence-corrected chi connectivity index (χ0v) is 14.2. The van der Waals surface area contributed by atoms with Crippen LogP contribution in [0.4, 0.5) is 4.79 Å². The van der Waals surface area contributed by atoms with Gasteiger partial charge in [-0.25, -0.2) is 4.79 Å². The van der Waals surface area contributed by atoms with Gasteiger partial charge in [0.1, 0.15) is 5.60 Å². The van der Waals surface area contributed by atoms with Crippen LogP contribution in [0, 0.1) is 11.3 Å². The second-order valence-corrected chi connectivity index (χ2v) is 8.16. The fourth-order valence-electron chi connectivity index (χ4n) is 3.77. The Bertz CT molecular complexity index is 355. The van der Waals surface area contributed by atoms with Crippen molar-refractivity contribution in [3.8, 4) is 0 Å². The molecule has 4 nitrogen and oxygen atoms in total. The number of nitrogens with two attached hydrogens (primary N) is 1. The van der Waals surface area contributed by atoms with E-state index < -0.39 is 5.60 Å². The molecule has 0 aromatic carbocycles. The van der Waals surface area contributed by atoms with Gasteiger partial charge in [0.15, 0.2) is 0 Å². The smallest absolute Gasteiger partial charge is 0.410 e. The molecule has 4 heteroatoms. The molecule has 2 rings (SSSR count). The molecule has 1 spiro atoms. The largest absolute Gasteiger partial charge is 0.444 e. The SMILES string of the molecule is C[C@H](N)C1CCC2(CC1)CCN(C(=O)OC(C)(C)C)CC2. The maximum Gasteiger partial charge on any atom is 0.410 e.